The number of imide groups is 1. The number of hydrogen-bond acceptors (Lipinski definition) is 5. The molecule has 2 saturated heterocycles. The van der Waals surface area contributed by atoms with E-state index in [2.05, 4.69) is 5.32 Å². The summed E-state index contributed by atoms with van der Waals surface area (Å²) < 4.78 is 9.81. The summed E-state index contributed by atoms with van der Waals surface area (Å²) in [5.74, 6) is 0.417. The predicted octanol–water partition coefficient (Wildman–Crippen LogP) is 0.958. The maximum atomic E-state index is 12.2. The second-order valence-corrected chi connectivity index (χ2v) is 5.71. The highest BCUT2D eigenvalue weighted by Gasteiger charge is 2.41. The zero-order chi connectivity index (χ0) is 17.1. The number of benzene rings is 1. The average molecular weight is 333 g/mol. The van der Waals surface area contributed by atoms with Gasteiger partial charge in [0.05, 0.1) is 13.2 Å². The lowest BCUT2D eigenvalue weighted by Crippen LogP contribution is -2.44. The molecular formula is C16H19N3O5. The van der Waals surface area contributed by atoms with E-state index < -0.39 is 6.09 Å². The zero-order valence-corrected chi connectivity index (χ0v) is 13.4. The summed E-state index contributed by atoms with van der Waals surface area (Å²) in [5, 5.41) is 2.84. The van der Waals surface area contributed by atoms with Crippen molar-refractivity contribution in [2.45, 2.75) is 19.0 Å². The molecular weight excluding hydrogens is 314 g/mol. The van der Waals surface area contributed by atoms with Crippen molar-refractivity contribution in [3.05, 3.63) is 29.8 Å². The Hall–Kier alpha value is -2.77. The molecule has 24 heavy (non-hydrogen) atoms. The zero-order valence-electron chi connectivity index (χ0n) is 13.4. The number of hydrogen-bond donors (Lipinski definition) is 1. The Balaban J connectivity index is 1.51. The molecule has 0 bridgehead atoms. The Labute approximate surface area is 139 Å². The number of methoxy groups -OCH3 is 1. The molecule has 0 spiro atoms. The van der Waals surface area contributed by atoms with Crippen molar-refractivity contribution in [1.82, 2.24) is 15.1 Å². The summed E-state index contributed by atoms with van der Waals surface area (Å²) >= 11 is 0. The van der Waals surface area contributed by atoms with Crippen LogP contribution >= 0.6 is 0 Å². The normalized spacial score (nSPS) is 20.3. The second-order valence-electron chi connectivity index (χ2n) is 5.71. The number of amides is 4. The van der Waals surface area contributed by atoms with E-state index in [-0.39, 0.29) is 24.6 Å². The van der Waals surface area contributed by atoms with Gasteiger partial charge >= 0.3 is 12.1 Å². The van der Waals surface area contributed by atoms with Crippen molar-refractivity contribution >= 4 is 18.0 Å². The van der Waals surface area contributed by atoms with Crippen LogP contribution in [0.1, 0.15) is 12.0 Å². The smallest absolute Gasteiger partial charge is 0.417 e. The number of carbonyl (C=O) groups is 3. The Morgan fingerprint density at radius 2 is 2.08 bits per heavy atom. The van der Waals surface area contributed by atoms with Crippen LogP contribution in [0.5, 0.6) is 5.75 Å². The third-order valence-corrected chi connectivity index (χ3v) is 4.20. The van der Waals surface area contributed by atoms with Crippen LogP contribution in [0, 0.1) is 0 Å². The molecule has 2 heterocycles. The van der Waals surface area contributed by atoms with Crippen LogP contribution in [0.2, 0.25) is 0 Å². The number of ether oxygens (including phenoxy) is 2. The highest BCUT2D eigenvalue weighted by Crippen LogP contribution is 2.20. The quantitative estimate of drug-likeness (QED) is 0.886. The largest absolute Gasteiger partial charge is 0.497 e. The maximum Gasteiger partial charge on any atom is 0.417 e. The molecule has 1 aromatic carbocycles. The molecule has 1 atom stereocenters. The molecule has 2 fully saturated rings. The Bertz CT molecular complexity index is 630. The molecule has 0 radical (unpaired) electrons. The SMILES string of the molecule is COc1ccc(CNC(=O)N2CCC(N3C(=O)COC3=O)C2)cc1. The van der Waals surface area contributed by atoms with E-state index in [0.717, 1.165) is 16.2 Å². The van der Waals surface area contributed by atoms with Gasteiger partial charge in [-0.2, -0.15) is 0 Å². The summed E-state index contributed by atoms with van der Waals surface area (Å²) in [5.41, 5.74) is 0.957. The highest BCUT2D eigenvalue weighted by molar-refractivity contribution is 5.98. The van der Waals surface area contributed by atoms with E-state index in [0.29, 0.717) is 26.1 Å². The standard InChI is InChI=1S/C16H19N3O5/c1-23-13-4-2-11(3-5-13)8-17-15(21)18-7-6-12(9-18)19-14(20)10-24-16(19)22/h2-5,12H,6-10H2,1H3,(H,17,21). The lowest BCUT2D eigenvalue weighted by atomic mass is 10.2. The molecule has 1 aromatic rings. The molecule has 0 aliphatic carbocycles. The Kier molecular flexibility index (Phi) is 4.54. The first-order valence-electron chi connectivity index (χ1n) is 7.73. The average Bonchev–Trinajstić information content (AvgIpc) is 3.20. The van der Waals surface area contributed by atoms with Gasteiger partial charge in [0, 0.05) is 19.6 Å². The molecule has 2 aliphatic rings. The first kappa shape index (κ1) is 16.1. The summed E-state index contributed by atoms with van der Waals surface area (Å²) in [6.45, 7) is 1.01. The monoisotopic (exact) mass is 333 g/mol. The third-order valence-electron chi connectivity index (χ3n) is 4.20. The summed E-state index contributed by atoms with van der Waals surface area (Å²) in [4.78, 5) is 38.2. The minimum atomic E-state index is -0.620. The molecule has 1 N–H and O–H groups in total. The van der Waals surface area contributed by atoms with E-state index in [1.807, 2.05) is 24.3 Å². The van der Waals surface area contributed by atoms with Gasteiger partial charge in [0.15, 0.2) is 6.61 Å². The fourth-order valence-electron chi connectivity index (χ4n) is 2.89. The van der Waals surface area contributed by atoms with Gasteiger partial charge in [0.2, 0.25) is 0 Å². The van der Waals surface area contributed by atoms with Crippen LogP contribution in [0.25, 0.3) is 0 Å². The van der Waals surface area contributed by atoms with Crippen molar-refractivity contribution in [1.29, 1.82) is 0 Å². The third kappa shape index (κ3) is 3.27. The van der Waals surface area contributed by atoms with Crippen LogP contribution < -0.4 is 10.1 Å². The van der Waals surface area contributed by atoms with Crippen LogP contribution in [0.4, 0.5) is 9.59 Å². The fourth-order valence-corrected chi connectivity index (χ4v) is 2.89. The molecule has 0 saturated carbocycles. The van der Waals surface area contributed by atoms with Crippen LogP contribution in [0.3, 0.4) is 0 Å². The van der Waals surface area contributed by atoms with Gasteiger partial charge in [-0.15, -0.1) is 0 Å². The number of nitrogens with one attached hydrogen (secondary N) is 1. The van der Waals surface area contributed by atoms with E-state index in [4.69, 9.17) is 9.47 Å². The second kappa shape index (κ2) is 6.77. The first-order valence-corrected chi connectivity index (χ1v) is 7.73. The van der Waals surface area contributed by atoms with Gasteiger partial charge in [-0.1, -0.05) is 12.1 Å². The Morgan fingerprint density at radius 3 is 2.71 bits per heavy atom. The van der Waals surface area contributed by atoms with Crippen LogP contribution in [-0.4, -0.2) is 60.7 Å². The van der Waals surface area contributed by atoms with Crippen molar-refractivity contribution in [3.63, 3.8) is 0 Å². The molecule has 2 aliphatic heterocycles. The summed E-state index contributed by atoms with van der Waals surface area (Å²) in [6, 6.07) is 6.90. The molecule has 8 heteroatoms. The van der Waals surface area contributed by atoms with Crippen molar-refractivity contribution in [3.8, 4) is 5.75 Å². The molecule has 4 amide bonds. The van der Waals surface area contributed by atoms with E-state index in [9.17, 15) is 14.4 Å². The molecule has 3 rings (SSSR count). The minimum absolute atomic E-state index is 0.209. The molecule has 0 aromatic heterocycles. The van der Waals surface area contributed by atoms with Gasteiger partial charge in [0.1, 0.15) is 5.75 Å². The lowest BCUT2D eigenvalue weighted by molar-refractivity contribution is -0.127. The van der Waals surface area contributed by atoms with Gasteiger partial charge in [-0.3, -0.25) is 4.79 Å². The number of carbonyl (C=O) groups excluding carboxylic acids is 3. The van der Waals surface area contributed by atoms with Gasteiger partial charge < -0.3 is 19.7 Å². The molecule has 128 valence electrons. The first-order chi connectivity index (χ1) is 11.6. The Morgan fingerprint density at radius 1 is 1.33 bits per heavy atom. The number of likely N-dealkylation sites (tertiary alicyclic amines) is 1. The number of urea groups is 1. The topological polar surface area (TPSA) is 88.2 Å². The lowest BCUT2D eigenvalue weighted by Gasteiger charge is -2.20. The summed E-state index contributed by atoms with van der Waals surface area (Å²) in [6.07, 6.45) is -0.0537. The van der Waals surface area contributed by atoms with Crippen LogP contribution in [0.15, 0.2) is 24.3 Å². The van der Waals surface area contributed by atoms with Crippen LogP contribution in [-0.2, 0) is 16.1 Å². The number of rotatable bonds is 4. The van der Waals surface area contributed by atoms with E-state index >= 15 is 0 Å². The summed E-state index contributed by atoms with van der Waals surface area (Å²) in [7, 11) is 1.60. The van der Waals surface area contributed by atoms with Gasteiger partial charge in [-0.05, 0) is 24.1 Å². The minimum Gasteiger partial charge on any atom is -0.497 e. The molecule has 8 nitrogen and oxygen atoms in total. The molecule has 1 unspecified atom stereocenters. The number of cyclic esters (lactones) is 1. The van der Waals surface area contributed by atoms with Gasteiger partial charge in [-0.25, -0.2) is 14.5 Å². The van der Waals surface area contributed by atoms with Gasteiger partial charge in [0.25, 0.3) is 5.91 Å². The highest BCUT2D eigenvalue weighted by atomic mass is 16.6. The van der Waals surface area contributed by atoms with Crippen molar-refractivity contribution in [2.24, 2.45) is 0 Å². The van der Waals surface area contributed by atoms with Crippen molar-refractivity contribution in [2.75, 3.05) is 26.8 Å². The fraction of sp³-hybridized carbons (Fsp3) is 0.438. The predicted molar refractivity (Wildman–Crippen MR) is 83.4 cm³/mol. The van der Waals surface area contributed by atoms with E-state index in [1.165, 1.54) is 0 Å². The van der Waals surface area contributed by atoms with E-state index in [1.54, 1.807) is 12.0 Å². The maximum absolute atomic E-state index is 12.2. The van der Waals surface area contributed by atoms with Crippen molar-refractivity contribution < 1.29 is 23.9 Å². The number of nitrogens with zero attached hydrogens (tertiary/aromatic N) is 2.